The van der Waals surface area contributed by atoms with E-state index in [0.717, 1.165) is 19.6 Å². The van der Waals surface area contributed by atoms with Crippen molar-refractivity contribution in [3.05, 3.63) is 35.9 Å². The zero-order valence-electron chi connectivity index (χ0n) is 10.5. The van der Waals surface area contributed by atoms with Crippen LogP contribution >= 0.6 is 0 Å². The maximum absolute atomic E-state index is 10.4. The summed E-state index contributed by atoms with van der Waals surface area (Å²) in [6, 6.07) is 10.6. The van der Waals surface area contributed by atoms with E-state index in [2.05, 4.69) is 35.2 Å². The van der Waals surface area contributed by atoms with Gasteiger partial charge in [-0.2, -0.15) is 0 Å². The summed E-state index contributed by atoms with van der Waals surface area (Å²) < 4.78 is 0. The largest absolute Gasteiger partial charge is 0.390 e. The van der Waals surface area contributed by atoms with Crippen LogP contribution in [0.4, 0.5) is 0 Å². The van der Waals surface area contributed by atoms with Crippen LogP contribution in [0, 0.1) is 11.8 Å². The Morgan fingerprint density at radius 2 is 1.76 bits per heavy atom. The smallest absolute Gasteiger partial charge is 0.0700 e. The molecule has 17 heavy (non-hydrogen) atoms. The summed E-state index contributed by atoms with van der Waals surface area (Å²) >= 11 is 0. The molecular formula is C15H21NO. The number of benzene rings is 1. The highest BCUT2D eigenvalue weighted by Gasteiger charge is 2.49. The third-order valence-corrected chi connectivity index (χ3v) is 4.72. The molecule has 1 aromatic rings. The standard InChI is InChI=1S/C15H21NO/c1-15(17)13-7-8-14(15)11-16(10-13)9-12-5-3-2-4-6-12/h2-6,13-14,17H,7-11H2,1H3/t13-,14?,15?/m1/s1. The lowest BCUT2D eigenvalue weighted by Gasteiger charge is -2.42. The van der Waals surface area contributed by atoms with Crippen molar-refractivity contribution in [3.63, 3.8) is 0 Å². The highest BCUT2D eigenvalue weighted by molar-refractivity contribution is 5.15. The first-order valence-electron chi connectivity index (χ1n) is 6.65. The molecule has 0 spiro atoms. The van der Waals surface area contributed by atoms with Gasteiger partial charge in [0.15, 0.2) is 0 Å². The van der Waals surface area contributed by atoms with Crippen LogP contribution in [0.25, 0.3) is 0 Å². The van der Waals surface area contributed by atoms with Crippen LogP contribution in [0.1, 0.15) is 25.3 Å². The molecule has 1 saturated carbocycles. The van der Waals surface area contributed by atoms with Crippen LogP contribution in [-0.2, 0) is 6.54 Å². The Bertz CT molecular complexity index is 371. The second-order valence-electron chi connectivity index (χ2n) is 5.88. The van der Waals surface area contributed by atoms with E-state index in [1.54, 1.807) is 0 Å². The van der Waals surface area contributed by atoms with Gasteiger partial charge in [0.05, 0.1) is 5.60 Å². The highest BCUT2D eigenvalue weighted by atomic mass is 16.3. The molecule has 1 N–H and O–H groups in total. The van der Waals surface area contributed by atoms with E-state index >= 15 is 0 Å². The molecule has 1 saturated heterocycles. The van der Waals surface area contributed by atoms with Gasteiger partial charge in [-0.25, -0.2) is 0 Å². The van der Waals surface area contributed by atoms with Crippen molar-refractivity contribution in [1.82, 2.24) is 4.90 Å². The first kappa shape index (κ1) is 11.2. The number of rotatable bonds is 2. The molecule has 2 heteroatoms. The molecule has 2 unspecified atom stereocenters. The van der Waals surface area contributed by atoms with E-state index in [4.69, 9.17) is 0 Å². The van der Waals surface area contributed by atoms with Gasteiger partial charge in [-0.1, -0.05) is 30.3 Å². The normalized spacial score (nSPS) is 37.3. The zero-order chi connectivity index (χ0) is 11.9. The molecule has 2 nitrogen and oxygen atoms in total. The third kappa shape index (κ3) is 2.00. The quantitative estimate of drug-likeness (QED) is 0.844. The Kier molecular flexibility index (Phi) is 2.72. The summed E-state index contributed by atoms with van der Waals surface area (Å²) in [6.45, 7) is 5.18. The average Bonchev–Trinajstić information content (AvgIpc) is 2.53. The lowest BCUT2D eigenvalue weighted by Crippen LogP contribution is -2.51. The van der Waals surface area contributed by atoms with E-state index in [0.29, 0.717) is 11.8 Å². The van der Waals surface area contributed by atoms with Gasteiger partial charge >= 0.3 is 0 Å². The van der Waals surface area contributed by atoms with Gasteiger partial charge in [0.2, 0.25) is 0 Å². The molecular weight excluding hydrogens is 210 g/mol. The van der Waals surface area contributed by atoms with E-state index in [9.17, 15) is 5.11 Å². The minimum atomic E-state index is -0.410. The van der Waals surface area contributed by atoms with Gasteiger partial charge in [0.25, 0.3) is 0 Å². The van der Waals surface area contributed by atoms with Crippen molar-refractivity contribution in [2.75, 3.05) is 13.1 Å². The Morgan fingerprint density at radius 1 is 1.18 bits per heavy atom. The summed E-state index contributed by atoms with van der Waals surface area (Å²) in [5.41, 5.74) is 0.973. The lowest BCUT2D eigenvalue weighted by molar-refractivity contribution is -0.0707. The Balaban J connectivity index is 1.69. The van der Waals surface area contributed by atoms with Crippen molar-refractivity contribution in [3.8, 4) is 0 Å². The van der Waals surface area contributed by atoms with Crippen LogP contribution in [0.15, 0.2) is 30.3 Å². The van der Waals surface area contributed by atoms with Crippen LogP contribution < -0.4 is 0 Å². The number of fused-ring (bicyclic) bond motifs is 2. The predicted octanol–water partition coefficient (Wildman–Crippen LogP) is 2.28. The number of nitrogens with zero attached hydrogens (tertiary/aromatic N) is 1. The molecule has 2 fully saturated rings. The van der Waals surface area contributed by atoms with E-state index < -0.39 is 5.60 Å². The number of hydrogen-bond donors (Lipinski definition) is 1. The molecule has 3 atom stereocenters. The van der Waals surface area contributed by atoms with Crippen molar-refractivity contribution in [2.24, 2.45) is 11.8 Å². The highest BCUT2D eigenvalue weighted by Crippen LogP contribution is 2.44. The number of aliphatic hydroxyl groups is 1. The van der Waals surface area contributed by atoms with Crippen LogP contribution in [-0.4, -0.2) is 28.7 Å². The van der Waals surface area contributed by atoms with E-state index in [1.165, 1.54) is 18.4 Å². The summed E-state index contributed by atoms with van der Waals surface area (Å²) in [4.78, 5) is 2.51. The zero-order valence-corrected chi connectivity index (χ0v) is 10.5. The van der Waals surface area contributed by atoms with Crippen molar-refractivity contribution < 1.29 is 5.11 Å². The Hall–Kier alpha value is -0.860. The Morgan fingerprint density at radius 3 is 2.35 bits per heavy atom. The first-order chi connectivity index (χ1) is 8.16. The maximum Gasteiger partial charge on any atom is 0.0700 e. The second kappa shape index (κ2) is 4.11. The molecule has 1 aromatic carbocycles. The number of hydrogen-bond acceptors (Lipinski definition) is 2. The van der Waals surface area contributed by atoms with E-state index in [-0.39, 0.29) is 0 Å². The summed E-state index contributed by atoms with van der Waals surface area (Å²) in [6.07, 6.45) is 2.39. The fourth-order valence-electron chi connectivity index (χ4n) is 3.54. The minimum absolute atomic E-state index is 0.410. The van der Waals surface area contributed by atoms with Gasteiger partial charge in [0, 0.05) is 31.5 Å². The summed E-state index contributed by atoms with van der Waals surface area (Å²) in [7, 11) is 0. The fraction of sp³-hybridized carbons (Fsp3) is 0.600. The fourth-order valence-corrected chi connectivity index (χ4v) is 3.54. The Labute approximate surface area is 103 Å². The molecule has 2 bridgehead atoms. The third-order valence-electron chi connectivity index (χ3n) is 4.72. The molecule has 1 aliphatic heterocycles. The number of piperidine rings is 1. The second-order valence-corrected chi connectivity index (χ2v) is 5.88. The topological polar surface area (TPSA) is 23.5 Å². The van der Waals surface area contributed by atoms with Crippen molar-refractivity contribution >= 4 is 0 Å². The SMILES string of the molecule is CC1(O)C2CC[C@@H]1CN(Cc1ccccc1)C2. The molecule has 3 rings (SSSR count). The predicted molar refractivity (Wildman–Crippen MR) is 68.6 cm³/mol. The molecule has 0 radical (unpaired) electrons. The molecule has 0 aromatic heterocycles. The molecule has 92 valence electrons. The molecule has 2 aliphatic rings. The van der Waals surface area contributed by atoms with Gasteiger partial charge < -0.3 is 5.11 Å². The molecule has 1 aliphatic carbocycles. The van der Waals surface area contributed by atoms with E-state index in [1.807, 2.05) is 6.92 Å². The maximum atomic E-state index is 10.4. The number of likely N-dealkylation sites (tertiary alicyclic amines) is 1. The lowest BCUT2D eigenvalue weighted by atomic mass is 9.82. The van der Waals surface area contributed by atoms with Crippen LogP contribution in [0.5, 0.6) is 0 Å². The van der Waals surface area contributed by atoms with Crippen LogP contribution in [0.3, 0.4) is 0 Å². The van der Waals surface area contributed by atoms with Gasteiger partial charge in [-0.15, -0.1) is 0 Å². The molecule has 0 amide bonds. The summed E-state index contributed by atoms with van der Waals surface area (Å²) in [5.74, 6) is 0.954. The molecule has 1 heterocycles. The van der Waals surface area contributed by atoms with Crippen molar-refractivity contribution in [2.45, 2.75) is 31.9 Å². The van der Waals surface area contributed by atoms with Crippen molar-refractivity contribution in [1.29, 1.82) is 0 Å². The average molecular weight is 231 g/mol. The monoisotopic (exact) mass is 231 g/mol. The van der Waals surface area contributed by atoms with Gasteiger partial charge in [-0.05, 0) is 25.3 Å². The van der Waals surface area contributed by atoms with Gasteiger partial charge in [0.1, 0.15) is 0 Å². The minimum Gasteiger partial charge on any atom is -0.390 e. The first-order valence-corrected chi connectivity index (χ1v) is 6.65. The van der Waals surface area contributed by atoms with Gasteiger partial charge in [-0.3, -0.25) is 4.90 Å². The van der Waals surface area contributed by atoms with Crippen LogP contribution in [0.2, 0.25) is 0 Å². The summed E-state index contributed by atoms with van der Waals surface area (Å²) in [5, 5.41) is 10.4.